The molecule has 112 valence electrons. The molecule has 1 aromatic carbocycles. The lowest BCUT2D eigenvalue weighted by Gasteiger charge is -2.22. The zero-order valence-corrected chi connectivity index (χ0v) is 13.1. The molecule has 20 heavy (non-hydrogen) atoms. The first-order valence-electron chi connectivity index (χ1n) is 8.09. The smallest absolute Gasteiger partial charge is 0.0914 e. The van der Waals surface area contributed by atoms with E-state index in [1.165, 1.54) is 31.2 Å². The molecule has 1 fully saturated rings. The molecule has 2 heteroatoms. The van der Waals surface area contributed by atoms with Crippen LogP contribution in [0.15, 0.2) is 24.3 Å². The molecule has 0 spiro atoms. The molecule has 0 radical (unpaired) electrons. The summed E-state index contributed by atoms with van der Waals surface area (Å²) in [5.74, 6) is 1.34. The van der Waals surface area contributed by atoms with E-state index in [1.54, 1.807) is 0 Å². The Bertz CT molecular complexity index is 392. The molecule has 1 aliphatic rings. The van der Waals surface area contributed by atoms with Crippen molar-refractivity contribution in [3.63, 3.8) is 0 Å². The van der Waals surface area contributed by atoms with E-state index >= 15 is 0 Å². The lowest BCUT2D eigenvalue weighted by molar-refractivity contribution is 0.165. The molecule has 0 bridgehead atoms. The van der Waals surface area contributed by atoms with Gasteiger partial charge in [-0.2, -0.15) is 0 Å². The highest BCUT2D eigenvalue weighted by Crippen LogP contribution is 2.27. The van der Waals surface area contributed by atoms with Gasteiger partial charge in [0.2, 0.25) is 0 Å². The van der Waals surface area contributed by atoms with E-state index in [1.807, 2.05) is 0 Å². The van der Waals surface area contributed by atoms with Crippen molar-refractivity contribution in [3.05, 3.63) is 35.4 Å². The molecule has 2 atom stereocenters. The molecule has 0 aliphatic heterocycles. The van der Waals surface area contributed by atoms with Gasteiger partial charge in [0.15, 0.2) is 0 Å². The van der Waals surface area contributed by atoms with Crippen molar-refractivity contribution < 1.29 is 5.11 Å². The summed E-state index contributed by atoms with van der Waals surface area (Å²) in [7, 11) is 0. The van der Waals surface area contributed by atoms with Crippen LogP contribution in [0.4, 0.5) is 0 Å². The lowest BCUT2D eigenvalue weighted by Crippen LogP contribution is -2.35. The maximum atomic E-state index is 10.3. The number of benzene rings is 1. The zero-order valence-electron chi connectivity index (χ0n) is 13.1. The first-order valence-corrected chi connectivity index (χ1v) is 8.09. The fourth-order valence-corrected chi connectivity index (χ4v) is 3.14. The maximum Gasteiger partial charge on any atom is 0.0914 e. The van der Waals surface area contributed by atoms with Gasteiger partial charge in [-0.3, -0.25) is 0 Å². The molecule has 0 aromatic heterocycles. The summed E-state index contributed by atoms with van der Waals surface area (Å²) < 4.78 is 0. The highest BCUT2D eigenvalue weighted by molar-refractivity contribution is 5.26. The average molecular weight is 275 g/mol. The highest BCUT2D eigenvalue weighted by Gasteiger charge is 2.21. The molecule has 1 saturated carbocycles. The van der Waals surface area contributed by atoms with Gasteiger partial charge in [0, 0.05) is 12.6 Å². The topological polar surface area (TPSA) is 32.3 Å². The number of hydrogen-bond donors (Lipinski definition) is 2. The van der Waals surface area contributed by atoms with Crippen LogP contribution in [0.2, 0.25) is 0 Å². The Kier molecular flexibility index (Phi) is 5.62. The van der Waals surface area contributed by atoms with E-state index < -0.39 is 6.10 Å². The van der Waals surface area contributed by atoms with Gasteiger partial charge in [0.05, 0.1) is 6.10 Å². The van der Waals surface area contributed by atoms with Crippen LogP contribution in [0.3, 0.4) is 0 Å². The fraction of sp³-hybridized carbons (Fsp3) is 0.667. The Morgan fingerprint density at radius 3 is 2.15 bits per heavy atom. The van der Waals surface area contributed by atoms with Crippen molar-refractivity contribution in [1.29, 1.82) is 0 Å². The average Bonchev–Trinajstić information content (AvgIpc) is 2.98. The Labute approximate surface area is 123 Å². The second-order valence-electron chi connectivity index (χ2n) is 6.58. The number of nitrogens with one attached hydrogen (secondary N) is 1. The van der Waals surface area contributed by atoms with Gasteiger partial charge < -0.3 is 10.4 Å². The van der Waals surface area contributed by atoms with Crippen molar-refractivity contribution in [2.45, 2.75) is 64.5 Å². The number of hydrogen-bond acceptors (Lipinski definition) is 2. The van der Waals surface area contributed by atoms with Crippen LogP contribution in [-0.4, -0.2) is 17.7 Å². The molecule has 0 heterocycles. The van der Waals surface area contributed by atoms with Crippen LogP contribution < -0.4 is 5.32 Å². The minimum atomic E-state index is -0.403. The van der Waals surface area contributed by atoms with Crippen LogP contribution in [-0.2, 0) is 0 Å². The van der Waals surface area contributed by atoms with Crippen molar-refractivity contribution in [1.82, 2.24) is 5.32 Å². The Morgan fingerprint density at radius 2 is 1.60 bits per heavy atom. The largest absolute Gasteiger partial charge is 0.387 e. The van der Waals surface area contributed by atoms with Gasteiger partial charge in [0.1, 0.15) is 0 Å². The minimum absolute atomic E-state index is 0.403. The van der Waals surface area contributed by atoms with Crippen LogP contribution in [0, 0.1) is 5.92 Å². The summed E-state index contributed by atoms with van der Waals surface area (Å²) in [4.78, 5) is 0. The van der Waals surface area contributed by atoms with Gasteiger partial charge in [-0.25, -0.2) is 0 Å². The predicted molar refractivity (Wildman–Crippen MR) is 84.9 cm³/mol. The summed E-state index contributed by atoms with van der Waals surface area (Å²) in [6.07, 6.45) is 5.02. The van der Waals surface area contributed by atoms with Crippen molar-refractivity contribution in [3.8, 4) is 0 Å². The number of rotatable bonds is 6. The first kappa shape index (κ1) is 15.5. The lowest BCUT2D eigenvalue weighted by atomic mass is 9.98. The fourth-order valence-electron chi connectivity index (χ4n) is 3.14. The van der Waals surface area contributed by atoms with E-state index in [4.69, 9.17) is 0 Å². The molecule has 2 rings (SSSR count). The molecular formula is C18H29NO. The molecule has 2 unspecified atom stereocenters. The van der Waals surface area contributed by atoms with Gasteiger partial charge in [-0.05, 0) is 42.7 Å². The van der Waals surface area contributed by atoms with Gasteiger partial charge >= 0.3 is 0 Å². The second-order valence-corrected chi connectivity index (χ2v) is 6.58. The third-order valence-electron chi connectivity index (χ3n) is 4.73. The summed E-state index contributed by atoms with van der Waals surface area (Å²) in [5.41, 5.74) is 2.34. The molecule has 1 aliphatic carbocycles. The number of aliphatic hydroxyl groups is 1. The maximum absolute atomic E-state index is 10.3. The SMILES string of the molecule is CC(C)c1ccc(C(O)CNC(C)C2CCCC2)cc1. The van der Waals surface area contributed by atoms with Gasteiger partial charge in [-0.1, -0.05) is 51.0 Å². The molecule has 1 aromatic rings. The summed E-state index contributed by atoms with van der Waals surface area (Å²) >= 11 is 0. The van der Waals surface area contributed by atoms with E-state index in [9.17, 15) is 5.11 Å². The normalized spacial score (nSPS) is 19.4. The minimum Gasteiger partial charge on any atom is -0.387 e. The standard InChI is InChI=1S/C18H29NO/c1-13(2)15-8-10-17(11-9-15)18(20)12-19-14(3)16-6-4-5-7-16/h8-11,13-14,16,18-20H,4-7,12H2,1-3H3. The predicted octanol–water partition coefficient (Wildman–Crippen LogP) is 4.01. The van der Waals surface area contributed by atoms with Gasteiger partial charge in [0.25, 0.3) is 0 Å². The Hall–Kier alpha value is -0.860. The number of aliphatic hydroxyl groups excluding tert-OH is 1. The highest BCUT2D eigenvalue weighted by atomic mass is 16.3. The van der Waals surface area contributed by atoms with Crippen molar-refractivity contribution in [2.24, 2.45) is 5.92 Å². The molecule has 2 nitrogen and oxygen atoms in total. The summed E-state index contributed by atoms with van der Waals surface area (Å²) in [6.45, 7) is 7.29. The van der Waals surface area contributed by atoms with Crippen LogP contribution in [0.1, 0.15) is 69.6 Å². The third-order valence-corrected chi connectivity index (χ3v) is 4.73. The first-order chi connectivity index (χ1) is 9.58. The van der Waals surface area contributed by atoms with Crippen LogP contribution in [0.25, 0.3) is 0 Å². The second kappa shape index (κ2) is 7.24. The van der Waals surface area contributed by atoms with E-state index in [-0.39, 0.29) is 0 Å². The molecule has 2 N–H and O–H groups in total. The third kappa shape index (κ3) is 4.07. The summed E-state index contributed by atoms with van der Waals surface area (Å²) in [5, 5.41) is 13.8. The van der Waals surface area contributed by atoms with E-state index in [0.717, 1.165) is 11.5 Å². The zero-order chi connectivity index (χ0) is 14.5. The monoisotopic (exact) mass is 275 g/mol. The molecule has 0 amide bonds. The van der Waals surface area contributed by atoms with Crippen LogP contribution in [0.5, 0.6) is 0 Å². The van der Waals surface area contributed by atoms with Crippen LogP contribution >= 0.6 is 0 Å². The van der Waals surface area contributed by atoms with Gasteiger partial charge in [-0.15, -0.1) is 0 Å². The van der Waals surface area contributed by atoms with E-state index in [0.29, 0.717) is 18.5 Å². The van der Waals surface area contributed by atoms with Crippen molar-refractivity contribution in [2.75, 3.05) is 6.54 Å². The Morgan fingerprint density at radius 1 is 1.05 bits per heavy atom. The summed E-state index contributed by atoms with van der Waals surface area (Å²) in [6, 6.07) is 8.89. The van der Waals surface area contributed by atoms with E-state index in [2.05, 4.69) is 50.4 Å². The quantitative estimate of drug-likeness (QED) is 0.822. The van der Waals surface area contributed by atoms with Crippen molar-refractivity contribution >= 4 is 0 Å². The molecular weight excluding hydrogens is 246 g/mol. The molecule has 0 saturated heterocycles. The Balaban J connectivity index is 1.83.